The first-order valence-corrected chi connectivity index (χ1v) is 9.11. The van der Waals surface area contributed by atoms with Crippen LogP contribution in [0.15, 0.2) is 48.5 Å². The summed E-state index contributed by atoms with van der Waals surface area (Å²) in [7, 11) is -3.27. The van der Waals surface area contributed by atoms with Crippen LogP contribution in [0.4, 0.5) is 0 Å². The van der Waals surface area contributed by atoms with Crippen LogP contribution in [0.3, 0.4) is 0 Å². The normalized spacial score (nSPS) is 19.5. The third-order valence-corrected chi connectivity index (χ3v) is 7.16. The quantitative estimate of drug-likeness (QED) is 0.809. The average Bonchev–Trinajstić information content (AvgIpc) is 2.77. The Morgan fingerprint density at radius 3 is 1.57 bits per heavy atom. The fourth-order valence-electron chi connectivity index (χ4n) is 3.09. The summed E-state index contributed by atoms with van der Waals surface area (Å²) >= 11 is 11.9. The lowest BCUT2D eigenvalue weighted by Crippen LogP contribution is -2.33. The molecule has 1 saturated heterocycles. The molecular formula is C16H14Cl2O2S. The molecule has 0 radical (unpaired) electrons. The molecule has 5 heteroatoms. The lowest BCUT2D eigenvalue weighted by molar-refractivity contribution is 0.565. The first-order chi connectivity index (χ1) is 9.96. The summed E-state index contributed by atoms with van der Waals surface area (Å²) in [4.78, 5) is 0. The Bertz CT molecular complexity index is 704. The SMILES string of the molecule is O=S1(=O)CCCC1(c1ccc(Cl)cc1)c1ccc(Cl)cc1. The van der Waals surface area contributed by atoms with Gasteiger partial charge in [-0.3, -0.25) is 0 Å². The molecule has 0 spiro atoms. The second-order valence-electron chi connectivity index (χ2n) is 5.26. The van der Waals surface area contributed by atoms with E-state index < -0.39 is 14.6 Å². The maximum absolute atomic E-state index is 12.8. The van der Waals surface area contributed by atoms with Crippen molar-refractivity contribution in [2.45, 2.75) is 17.6 Å². The van der Waals surface area contributed by atoms with Crippen molar-refractivity contribution in [1.29, 1.82) is 0 Å². The molecule has 0 atom stereocenters. The molecule has 1 aliphatic rings. The van der Waals surface area contributed by atoms with Gasteiger partial charge in [-0.05, 0) is 48.2 Å². The predicted molar refractivity (Wildman–Crippen MR) is 86.7 cm³/mol. The van der Waals surface area contributed by atoms with Crippen molar-refractivity contribution in [2.24, 2.45) is 0 Å². The second-order valence-corrected chi connectivity index (χ2v) is 8.47. The van der Waals surface area contributed by atoms with Gasteiger partial charge < -0.3 is 0 Å². The maximum Gasteiger partial charge on any atom is 0.164 e. The van der Waals surface area contributed by atoms with Crippen LogP contribution < -0.4 is 0 Å². The maximum atomic E-state index is 12.8. The van der Waals surface area contributed by atoms with Gasteiger partial charge in [-0.2, -0.15) is 0 Å². The van der Waals surface area contributed by atoms with Crippen LogP contribution in [-0.4, -0.2) is 14.2 Å². The zero-order valence-electron chi connectivity index (χ0n) is 11.2. The molecule has 0 N–H and O–H groups in total. The summed E-state index contributed by atoms with van der Waals surface area (Å²) in [5, 5.41) is 1.20. The molecule has 1 heterocycles. The van der Waals surface area contributed by atoms with Gasteiger partial charge in [0.1, 0.15) is 4.75 Å². The summed E-state index contributed by atoms with van der Waals surface area (Å²) in [6, 6.07) is 14.2. The Hall–Kier alpha value is -1.03. The van der Waals surface area contributed by atoms with Gasteiger partial charge in [-0.15, -0.1) is 0 Å². The first kappa shape index (κ1) is 14.9. The fraction of sp³-hybridized carbons (Fsp3) is 0.250. The molecular weight excluding hydrogens is 327 g/mol. The van der Waals surface area contributed by atoms with Gasteiger partial charge in [0.2, 0.25) is 0 Å². The Labute approximate surface area is 134 Å². The molecule has 2 aromatic rings. The smallest absolute Gasteiger partial charge is 0.164 e. The minimum Gasteiger partial charge on any atom is -0.228 e. The van der Waals surface area contributed by atoms with Gasteiger partial charge in [0.15, 0.2) is 9.84 Å². The third-order valence-electron chi connectivity index (χ3n) is 4.09. The molecule has 0 unspecified atom stereocenters. The van der Waals surface area contributed by atoms with E-state index in [0.29, 0.717) is 22.9 Å². The topological polar surface area (TPSA) is 34.1 Å². The Balaban J connectivity index is 2.26. The fourth-order valence-corrected chi connectivity index (χ4v) is 5.66. The van der Waals surface area contributed by atoms with Crippen LogP contribution in [0.5, 0.6) is 0 Å². The number of benzene rings is 2. The van der Waals surface area contributed by atoms with Crippen LogP contribution >= 0.6 is 23.2 Å². The highest BCUT2D eigenvalue weighted by Crippen LogP contribution is 2.47. The third kappa shape index (κ3) is 2.37. The van der Waals surface area contributed by atoms with E-state index in [-0.39, 0.29) is 5.75 Å². The molecule has 0 bridgehead atoms. The standard InChI is InChI=1S/C16H14Cl2O2S/c17-14-6-2-12(3-7-14)16(10-1-11-21(16,19)20)13-4-8-15(18)9-5-13/h2-9H,1,10-11H2. The Kier molecular flexibility index (Phi) is 3.76. The lowest BCUT2D eigenvalue weighted by Gasteiger charge is -2.29. The van der Waals surface area contributed by atoms with Crippen LogP contribution in [-0.2, 0) is 14.6 Å². The van der Waals surface area contributed by atoms with Crippen molar-refractivity contribution in [1.82, 2.24) is 0 Å². The molecule has 0 aliphatic carbocycles. The van der Waals surface area contributed by atoms with Crippen LogP contribution in [0.25, 0.3) is 0 Å². The molecule has 1 fully saturated rings. The van der Waals surface area contributed by atoms with Crippen LogP contribution in [0.2, 0.25) is 10.0 Å². The zero-order valence-corrected chi connectivity index (χ0v) is 13.5. The highest BCUT2D eigenvalue weighted by molar-refractivity contribution is 7.92. The first-order valence-electron chi connectivity index (χ1n) is 6.70. The van der Waals surface area contributed by atoms with E-state index in [1.807, 2.05) is 0 Å². The Morgan fingerprint density at radius 1 is 0.810 bits per heavy atom. The van der Waals surface area contributed by atoms with E-state index in [1.165, 1.54) is 0 Å². The van der Waals surface area contributed by atoms with Crippen molar-refractivity contribution in [3.8, 4) is 0 Å². The highest BCUT2D eigenvalue weighted by Gasteiger charge is 2.50. The van der Waals surface area contributed by atoms with E-state index in [1.54, 1.807) is 48.5 Å². The van der Waals surface area contributed by atoms with Crippen molar-refractivity contribution in [3.05, 3.63) is 69.7 Å². The molecule has 0 amide bonds. The predicted octanol–water partition coefficient (Wildman–Crippen LogP) is 4.45. The van der Waals surface area contributed by atoms with Gasteiger partial charge in [0, 0.05) is 10.0 Å². The second kappa shape index (κ2) is 5.31. The summed E-state index contributed by atoms with van der Waals surface area (Å²) in [5.74, 6) is 0.207. The van der Waals surface area contributed by atoms with E-state index in [9.17, 15) is 8.42 Å². The van der Waals surface area contributed by atoms with Crippen LogP contribution in [0.1, 0.15) is 24.0 Å². The number of rotatable bonds is 2. The Morgan fingerprint density at radius 2 is 1.24 bits per heavy atom. The van der Waals surface area contributed by atoms with Crippen molar-refractivity contribution in [3.63, 3.8) is 0 Å². The molecule has 1 aliphatic heterocycles. The molecule has 2 nitrogen and oxygen atoms in total. The van der Waals surface area contributed by atoms with E-state index in [4.69, 9.17) is 23.2 Å². The van der Waals surface area contributed by atoms with Crippen LogP contribution in [0, 0.1) is 0 Å². The highest BCUT2D eigenvalue weighted by atomic mass is 35.5. The molecule has 3 rings (SSSR count). The minimum atomic E-state index is -3.27. The molecule has 110 valence electrons. The monoisotopic (exact) mass is 340 g/mol. The molecule has 21 heavy (non-hydrogen) atoms. The van der Waals surface area contributed by atoms with E-state index in [2.05, 4.69) is 0 Å². The van der Waals surface area contributed by atoms with E-state index in [0.717, 1.165) is 11.1 Å². The largest absolute Gasteiger partial charge is 0.228 e. The zero-order chi connectivity index (χ0) is 15.1. The molecule has 0 aromatic heterocycles. The molecule has 2 aromatic carbocycles. The summed E-state index contributed by atoms with van der Waals surface area (Å²) in [5.41, 5.74) is 1.54. The van der Waals surface area contributed by atoms with Crippen molar-refractivity contribution >= 4 is 33.0 Å². The number of hydrogen-bond acceptors (Lipinski definition) is 2. The summed E-state index contributed by atoms with van der Waals surface area (Å²) in [6.45, 7) is 0. The lowest BCUT2D eigenvalue weighted by atomic mass is 9.87. The number of sulfone groups is 1. The number of hydrogen-bond donors (Lipinski definition) is 0. The summed E-state index contributed by atoms with van der Waals surface area (Å²) in [6.07, 6.45) is 1.24. The van der Waals surface area contributed by atoms with Crippen molar-refractivity contribution in [2.75, 3.05) is 5.75 Å². The van der Waals surface area contributed by atoms with Gasteiger partial charge in [0.25, 0.3) is 0 Å². The number of halogens is 2. The van der Waals surface area contributed by atoms with Gasteiger partial charge in [-0.25, -0.2) is 8.42 Å². The van der Waals surface area contributed by atoms with Gasteiger partial charge in [-0.1, -0.05) is 47.5 Å². The van der Waals surface area contributed by atoms with E-state index >= 15 is 0 Å². The molecule has 0 saturated carbocycles. The summed E-state index contributed by atoms with van der Waals surface area (Å²) < 4.78 is 24.6. The van der Waals surface area contributed by atoms with Gasteiger partial charge >= 0.3 is 0 Å². The minimum absolute atomic E-state index is 0.207. The average molecular weight is 341 g/mol. The van der Waals surface area contributed by atoms with Gasteiger partial charge in [0.05, 0.1) is 5.75 Å². The van der Waals surface area contributed by atoms with Crippen molar-refractivity contribution < 1.29 is 8.42 Å².